The van der Waals surface area contributed by atoms with Gasteiger partial charge in [0, 0.05) is 13.0 Å². The molecule has 1 aromatic carbocycles. The lowest BCUT2D eigenvalue weighted by Crippen LogP contribution is -2.42. The summed E-state index contributed by atoms with van der Waals surface area (Å²) in [7, 11) is 0. The van der Waals surface area contributed by atoms with Crippen LogP contribution in [0.1, 0.15) is 23.1 Å². The Balaban J connectivity index is 2.68. The summed E-state index contributed by atoms with van der Waals surface area (Å²) in [4.78, 5) is 22.7. The van der Waals surface area contributed by atoms with Gasteiger partial charge in [-0.05, 0) is 25.0 Å². The number of carboxylic acid groups (broad SMARTS) is 1. The van der Waals surface area contributed by atoms with Crippen LogP contribution in [0.2, 0.25) is 0 Å². The maximum Gasteiger partial charge on any atom is 0.326 e. The van der Waals surface area contributed by atoms with Crippen molar-refractivity contribution in [2.24, 2.45) is 0 Å². The van der Waals surface area contributed by atoms with Crippen molar-refractivity contribution >= 4 is 11.9 Å². The Hall–Kier alpha value is -1.88. The lowest BCUT2D eigenvalue weighted by Gasteiger charge is -2.14. The third kappa shape index (κ3) is 4.71. The first-order valence-corrected chi connectivity index (χ1v) is 6.13. The molecule has 1 unspecified atom stereocenters. The molecule has 0 radical (unpaired) electrons. The molecule has 0 spiro atoms. The number of amides is 1. The average Bonchev–Trinajstić information content (AvgIpc) is 2.33. The van der Waals surface area contributed by atoms with Crippen molar-refractivity contribution < 1.29 is 19.8 Å². The number of carbonyl (C=O) groups is 2. The molecule has 0 aliphatic heterocycles. The van der Waals surface area contributed by atoms with Crippen LogP contribution >= 0.6 is 0 Å². The molecule has 0 aliphatic carbocycles. The molecular weight excluding hydrogens is 246 g/mol. The quantitative estimate of drug-likeness (QED) is 0.710. The summed E-state index contributed by atoms with van der Waals surface area (Å²) in [6.45, 7) is 3.57. The monoisotopic (exact) mass is 265 g/mol. The number of hydrogen-bond donors (Lipinski definition) is 3. The number of carboxylic acids is 1. The SMILES string of the molecule is Cc1ccc(C)c(CC(=O)NC(CCO)C(=O)O)c1. The summed E-state index contributed by atoms with van der Waals surface area (Å²) < 4.78 is 0. The van der Waals surface area contributed by atoms with Gasteiger partial charge in [-0.1, -0.05) is 23.8 Å². The van der Waals surface area contributed by atoms with Gasteiger partial charge in [0.15, 0.2) is 0 Å². The summed E-state index contributed by atoms with van der Waals surface area (Å²) in [5.41, 5.74) is 2.93. The van der Waals surface area contributed by atoms with Gasteiger partial charge < -0.3 is 15.5 Å². The first-order valence-electron chi connectivity index (χ1n) is 6.13. The molecule has 19 heavy (non-hydrogen) atoms. The van der Waals surface area contributed by atoms with E-state index in [-0.39, 0.29) is 25.4 Å². The van der Waals surface area contributed by atoms with E-state index in [4.69, 9.17) is 10.2 Å². The second kappa shape index (κ2) is 6.89. The lowest BCUT2D eigenvalue weighted by molar-refractivity contribution is -0.142. The van der Waals surface area contributed by atoms with Crippen LogP contribution in [0.3, 0.4) is 0 Å². The van der Waals surface area contributed by atoms with Crippen molar-refractivity contribution in [2.45, 2.75) is 32.7 Å². The second-order valence-electron chi connectivity index (χ2n) is 4.58. The fourth-order valence-corrected chi connectivity index (χ4v) is 1.80. The van der Waals surface area contributed by atoms with Crippen LogP contribution < -0.4 is 5.32 Å². The van der Waals surface area contributed by atoms with Crippen molar-refractivity contribution in [3.05, 3.63) is 34.9 Å². The summed E-state index contributed by atoms with van der Waals surface area (Å²) >= 11 is 0. The molecule has 0 fully saturated rings. The minimum absolute atomic E-state index is 0.00781. The van der Waals surface area contributed by atoms with E-state index in [9.17, 15) is 9.59 Å². The van der Waals surface area contributed by atoms with Gasteiger partial charge in [-0.3, -0.25) is 4.79 Å². The van der Waals surface area contributed by atoms with Crippen molar-refractivity contribution in [1.29, 1.82) is 0 Å². The van der Waals surface area contributed by atoms with Crippen LogP contribution in [0.5, 0.6) is 0 Å². The highest BCUT2D eigenvalue weighted by Crippen LogP contribution is 2.11. The molecule has 1 atom stereocenters. The lowest BCUT2D eigenvalue weighted by atomic mass is 10.0. The zero-order valence-electron chi connectivity index (χ0n) is 11.1. The minimum atomic E-state index is -1.14. The van der Waals surface area contributed by atoms with Crippen molar-refractivity contribution in [2.75, 3.05) is 6.61 Å². The number of hydrogen-bond acceptors (Lipinski definition) is 3. The van der Waals surface area contributed by atoms with Gasteiger partial charge in [-0.2, -0.15) is 0 Å². The predicted octanol–water partition coefficient (Wildman–Crippen LogP) is 0.798. The van der Waals surface area contributed by atoms with Gasteiger partial charge in [0.1, 0.15) is 6.04 Å². The van der Waals surface area contributed by atoms with Crippen LogP contribution in [0, 0.1) is 13.8 Å². The summed E-state index contributed by atoms with van der Waals surface area (Å²) in [5, 5.41) is 20.1. The first kappa shape index (κ1) is 15.2. The molecule has 0 aliphatic rings. The van der Waals surface area contributed by atoms with Crippen LogP contribution in [0.25, 0.3) is 0 Å². The molecule has 1 rings (SSSR count). The summed E-state index contributed by atoms with van der Waals surface area (Å²) in [6, 6.07) is 4.77. The molecule has 3 N–H and O–H groups in total. The molecule has 0 aromatic heterocycles. The highest BCUT2D eigenvalue weighted by Gasteiger charge is 2.19. The molecule has 104 valence electrons. The molecule has 0 bridgehead atoms. The van der Waals surface area contributed by atoms with Gasteiger partial charge in [0.2, 0.25) is 5.91 Å². The Morgan fingerprint density at radius 1 is 1.32 bits per heavy atom. The summed E-state index contributed by atoms with van der Waals surface area (Å²) in [6.07, 6.45) is 0.149. The fraction of sp³-hybridized carbons (Fsp3) is 0.429. The van der Waals surface area contributed by atoms with E-state index < -0.39 is 12.0 Å². The standard InChI is InChI=1S/C14H19NO4/c1-9-3-4-10(2)11(7-9)8-13(17)15-12(5-6-16)14(18)19/h3-4,7,12,16H,5-6,8H2,1-2H3,(H,15,17)(H,18,19). The smallest absolute Gasteiger partial charge is 0.326 e. The van der Waals surface area contributed by atoms with E-state index in [0.29, 0.717) is 0 Å². The average molecular weight is 265 g/mol. The normalized spacial score (nSPS) is 11.9. The van der Waals surface area contributed by atoms with Gasteiger partial charge in [0.05, 0.1) is 6.42 Å². The molecule has 1 aromatic rings. The van der Waals surface area contributed by atoms with Crippen LogP contribution in [-0.4, -0.2) is 34.7 Å². The Kier molecular flexibility index (Phi) is 5.51. The number of benzene rings is 1. The zero-order chi connectivity index (χ0) is 14.4. The minimum Gasteiger partial charge on any atom is -0.480 e. The van der Waals surface area contributed by atoms with E-state index in [1.165, 1.54) is 0 Å². The fourth-order valence-electron chi connectivity index (χ4n) is 1.80. The Bertz CT molecular complexity index is 471. The van der Waals surface area contributed by atoms with Gasteiger partial charge in [-0.15, -0.1) is 0 Å². The van der Waals surface area contributed by atoms with Crippen LogP contribution in [0.4, 0.5) is 0 Å². The third-order valence-electron chi connectivity index (χ3n) is 2.91. The van der Waals surface area contributed by atoms with Gasteiger partial charge in [-0.25, -0.2) is 4.79 Å². The van der Waals surface area contributed by atoms with E-state index in [0.717, 1.165) is 16.7 Å². The molecule has 0 heterocycles. The number of aliphatic carboxylic acids is 1. The second-order valence-corrected chi connectivity index (χ2v) is 4.58. The number of carbonyl (C=O) groups excluding carboxylic acids is 1. The van der Waals surface area contributed by atoms with E-state index in [2.05, 4.69) is 5.32 Å². The highest BCUT2D eigenvalue weighted by atomic mass is 16.4. The molecule has 5 heteroatoms. The van der Waals surface area contributed by atoms with Gasteiger partial charge in [0.25, 0.3) is 0 Å². The number of aliphatic hydroxyl groups excluding tert-OH is 1. The molecular formula is C14H19NO4. The van der Waals surface area contributed by atoms with E-state index in [1.807, 2.05) is 32.0 Å². The van der Waals surface area contributed by atoms with Crippen LogP contribution in [-0.2, 0) is 16.0 Å². The predicted molar refractivity (Wildman–Crippen MR) is 70.9 cm³/mol. The molecule has 0 saturated heterocycles. The zero-order valence-corrected chi connectivity index (χ0v) is 11.1. The van der Waals surface area contributed by atoms with Gasteiger partial charge >= 0.3 is 5.97 Å². The first-order chi connectivity index (χ1) is 8.93. The Labute approximate surface area is 112 Å². The Morgan fingerprint density at radius 2 is 2.00 bits per heavy atom. The summed E-state index contributed by atoms with van der Waals surface area (Å²) in [5.74, 6) is -1.49. The Morgan fingerprint density at radius 3 is 2.58 bits per heavy atom. The van der Waals surface area contributed by atoms with Crippen LogP contribution in [0.15, 0.2) is 18.2 Å². The van der Waals surface area contributed by atoms with E-state index in [1.54, 1.807) is 0 Å². The molecule has 0 saturated carbocycles. The maximum absolute atomic E-state index is 11.8. The van der Waals surface area contributed by atoms with Crippen molar-refractivity contribution in [1.82, 2.24) is 5.32 Å². The number of aryl methyl sites for hydroxylation is 2. The molecule has 5 nitrogen and oxygen atoms in total. The van der Waals surface area contributed by atoms with Crippen molar-refractivity contribution in [3.63, 3.8) is 0 Å². The molecule has 1 amide bonds. The van der Waals surface area contributed by atoms with Crippen molar-refractivity contribution in [3.8, 4) is 0 Å². The highest BCUT2D eigenvalue weighted by molar-refractivity contribution is 5.85. The third-order valence-corrected chi connectivity index (χ3v) is 2.91. The maximum atomic E-state index is 11.8. The topological polar surface area (TPSA) is 86.6 Å². The number of nitrogens with one attached hydrogen (secondary N) is 1. The number of rotatable bonds is 6. The number of aliphatic hydroxyl groups is 1. The van der Waals surface area contributed by atoms with E-state index >= 15 is 0 Å². The largest absolute Gasteiger partial charge is 0.480 e.